The Morgan fingerprint density at radius 1 is 1.57 bits per heavy atom. The molecule has 1 rings (SSSR count). The SMILES string of the molecule is Cc1cc(Cl)c(F)cc1C(N)CCO. The molecule has 4 heteroatoms. The predicted molar refractivity (Wildman–Crippen MR) is 54.8 cm³/mol. The number of aryl methyl sites for hydroxylation is 1. The van der Waals surface area contributed by atoms with E-state index >= 15 is 0 Å². The first kappa shape index (κ1) is 11.4. The van der Waals surface area contributed by atoms with Crippen molar-refractivity contribution in [2.24, 2.45) is 5.73 Å². The molecule has 0 fully saturated rings. The molecule has 78 valence electrons. The van der Waals surface area contributed by atoms with Crippen LogP contribution < -0.4 is 5.73 Å². The van der Waals surface area contributed by atoms with Crippen LogP contribution in [0.3, 0.4) is 0 Å². The Bertz CT molecular complexity index is 330. The summed E-state index contributed by atoms with van der Waals surface area (Å²) in [5, 5.41) is 8.81. The fourth-order valence-corrected chi connectivity index (χ4v) is 1.57. The summed E-state index contributed by atoms with van der Waals surface area (Å²) in [7, 11) is 0. The van der Waals surface area contributed by atoms with E-state index in [9.17, 15) is 4.39 Å². The van der Waals surface area contributed by atoms with E-state index in [1.54, 1.807) is 6.07 Å². The second-order valence-electron chi connectivity index (χ2n) is 3.24. The van der Waals surface area contributed by atoms with E-state index in [1.807, 2.05) is 6.92 Å². The van der Waals surface area contributed by atoms with Crippen molar-refractivity contribution in [2.45, 2.75) is 19.4 Å². The minimum Gasteiger partial charge on any atom is -0.396 e. The van der Waals surface area contributed by atoms with Crippen LogP contribution in [0.2, 0.25) is 5.02 Å². The number of nitrogens with two attached hydrogens (primary N) is 1. The Hall–Kier alpha value is -0.640. The van der Waals surface area contributed by atoms with Gasteiger partial charge in [-0.15, -0.1) is 0 Å². The van der Waals surface area contributed by atoms with Gasteiger partial charge in [-0.1, -0.05) is 11.6 Å². The highest BCUT2D eigenvalue weighted by molar-refractivity contribution is 6.30. The fraction of sp³-hybridized carbons (Fsp3) is 0.400. The number of aliphatic hydroxyl groups is 1. The van der Waals surface area contributed by atoms with Crippen LogP contribution in [-0.4, -0.2) is 11.7 Å². The monoisotopic (exact) mass is 217 g/mol. The van der Waals surface area contributed by atoms with E-state index in [0.29, 0.717) is 12.0 Å². The molecule has 3 N–H and O–H groups in total. The lowest BCUT2D eigenvalue weighted by Crippen LogP contribution is -2.13. The number of hydrogen-bond donors (Lipinski definition) is 2. The second kappa shape index (κ2) is 4.73. The molecule has 1 unspecified atom stereocenters. The molecule has 1 atom stereocenters. The van der Waals surface area contributed by atoms with Crippen LogP contribution in [0.25, 0.3) is 0 Å². The molecule has 0 saturated heterocycles. The molecule has 0 aliphatic carbocycles. The Labute approximate surface area is 87.5 Å². The zero-order valence-corrected chi connectivity index (χ0v) is 8.68. The van der Waals surface area contributed by atoms with Crippen molar-refractivity contribution in [3.05, 3.63) is 34.1 Å². The third kappa shape index (κ3) is 2.44. The van der Waals surface area contributed by atoms with Crippen LogP contribution in [-0.2, 0) is 0 Å². The van der Waals surface area contributed by atoms with E-state index < -0.39 is 5.82 Å². The van der Waals surface area contributed by atoms with Gasteiger partial charge >= 0.3 is 0 Å². The van der Waals surface area contributed by atoms with Crippen LogP contribution in [0.15, 0.2) is 12.1 Å². The van der Waals surface area contributed by atoms with Gasteiger partial charge in [-0.25, -0.2) is 4.39 Å². The summed E-state index contributed by atoms with van der Waals surface area (Å²) in [4.78, 5) is 0. The Morgan fingerprint density at radius 3 is 2.79 bits per heavy atom. The molecule has 0 amide bonds. The average Bonchev–Trinajstić information content (AvgIpc) is 2.11. The molecule has 0 aliphatic rings. The van der Waals surface area contributed by atoms with Gasteiger partial charge in [0, 0.05) is 12.6 Å². The summed E-state index contributed by atoms with van der Waals surface area (Å²) < 4.78 is 13.1. The third-order valence-electron chi connectivity index (χ3n) is 2.15. The lowest BCUT2D eigenvalue weighted by molar-refractivity contribution is 0.276. The van der Waals surface area contributed by atoms with E-state index in [-0.39, 0.29) is 17.7 Å². The van der Waals surface area contributed by atoms with Crippen LogP contribution in [0.5, 0.6) is 0 Å². The summed E-state index contributed by atoms with van der Waals surface area (Å²) in [6.45, 7) is 1.81. The zero-order chi connectivity index (χ0) is 10.7. The van der Waals surface area contributed by atoms with Crippen molar-refractivity contribution in [3.63, 3.8) is 0 Å². The fourth-order valence-electron chi connectivity index (χ4n) is 1.36. The number of rotatable bonds is 3. The lowest BCUT2D eigenvalue weighted by Gasteiger charge is -2.14. The van der Waals surface area contributed by atoms with Crippen molar-refractivity contribution in [1.29, 1.82) is 0 Å². The van der Waals surface area contributed by atoms with Gasteiger partial charge in [-0.3, -0.25) is 0 Å². The molecule has 2 nitrogen and oxygen atoms in total. The minimum absolute atomic E-state index is 0.00908. The Balaban J connectivity index is 3.02. The Morgan fingerprint density at radius 2 is 2.21 bits per heavy atom. The van der Waals surface area contributed by atoms with Gasteiger partial charge in [0.05, 0.1) is 5.02 Å². The smallest absolute Gasteiger partial charge is 0.142 e. The topological polar surface area (TPSA) is 46.2 Å². The maximum absolute atomic E-state index is 13.1. The molecule has 0 aromatic heterocycles. The maximum atomic E-state index is 13.1. The van der Waals surface area contributed by atoms with Crippen LogP contribution >= 0.6 is 11.6 Å². The first-order valence-electron chi connectivity index (χ1n) is 4.38. The largest absolute Gasteiger partial charge is 0.396 e. The molecule has 1 aromatic rings. The molecule has 0 saturated carbocycles. The quantitative estimate of drug-likeness (QED) is 0.815. The first-order chi connectivity index (χ1) is 6.56. The third-order valence-corrected chi connectivity index (χ3v) is 2.44. The Kier molecular flexibility index (Phi) is 3.86. The van der Waals surface area contributed by atoms with Crippen molar-refractivity contribution in [3.8, 4) is 0 Å². The van der Waals surface area contributed by atoms with Gasteiger partial charge in [0.15, 0.2) is 0 Å². The van der Waals surface area contributed by atoms with Crippen LogP contribution in [0.1, 0.15) is 23.6 Å². The summed E-state index contributed by atoms with van der Waals surface area (Å²) in [6.07, 6.45) is 0.419. The van der Waals surface area contributed by atoms with E-state index in [0.717, 1.165) is 5.56 Å². The molecule has 1 aromatic carbocycles. The summed E-state index contributed by atoms with van der Waals surface area (Å²) in [6, 6.07) is 2.54. The first-order valence-corrected chi connectivity index (χ1v) is 4.76. The van der Waals surface area contributed by atoms with Gasteiger partial charge < -0.3 is 10.8 Å². The molecule has 14 heavy (non-hydrogen) atoms. The van der Waals surface area contributed by atoms with Gasteiger partial charge in [-0.05, 0) is 36.6 Å². The highest BCUT2D eigenvalue weighted by atomic mass is 35.5. The normalized spacial score (nSPS) is 12.9. The van der Waals surface area contributed by atoms with Gasteiger partial charge in [-0.2, -0.15) is 0 Å². The van der Waals surface area contributed by atoms with Gasteiger partial charge in [0.1, 0.15) is 5.82 Å². The van der Waals surface area contributed by atoms with Gasteiger partial charge in [0.2, 0.25) is 0 Å². The maximum Gasteiger partial charge on any atom is 0.142 e. The van der Waals surface area contributed by atoms with E-state index in [4.69, 9.17) is 22.4 Å². The highest BCUT2D eigenvalue weighted by Crippen LogP contribution is 2.24. The number of benzene rings is 1. The average molecular weight is 218 g/mol. The highest BCUT2D eigenvalue weighted by Gasteiger charge is 2.11. The molecule has 0 radical (unpaired) electrons. The standard InChI is InChI=1S/C10H13ClFNO/c1-6-4-8(11)9(12)5-7(6)10(13)2-3-14/h4-5,10,14H,2-3,13H2,1H3. The number of aliphatic hydroxyl groups excluding tert-OH is 1. The van der Waals surface area contributed by atoms with E-state index in [1.165, 1.54) is 6.07 Å². The molecule has 0 spiro atoms. The molecular weight excluding hydrogens is 205 g/mol. The summed E-state index contributed by atoms with van der Waals surface area (Å²) in [5.74, 6) is -0.472. The van der Waals surface area contributed by atoms with Crippen LogP contribution in [0.4, 0.5) is 4.39 Å². The number of halogens is 2. The van der Waals surface area contributed by atoms with Crippen LogP contribution in [0, 0.1) is 12.7 Å². The molecular formula is C10H13ClFNO. The minimum atomic E-state index is -0.472. The van der Waals surface area contributed by atoms with Gasteiger partial charge in [0.25, 0.3) is 0 Å². The van der Waals surface area contributed by atoms with Crippen molar-refractivity contribution in [1.82, 2.24) is 0 Å². The molecule has 0 bridgehead atoms. The molecule has 0 aliphatic heterocycles. The lowest BCUT2D eigenvalue weighted by atomic mass is 10.00. The summed E-state index contributed by atoms with van der Waals surface area (Å²) >= 11 is 5.60. The summed E-state index contributed by atoms with van der Waals surface area (Å²) in [5.41, 5.74) is 7.30. The van der Waals surface area contributed by atoms with Crippen molar-refractivity contribution in [2.75, 3.05) is 6.61 Å². The predicted octanol–water partition coefficient (Wildman–Crippen LogP) is 2.17. The van der Waals surface area contributed by atoms with E-state index in [2.05, 4.69) is 0 Å². The zero-order valence-electron chi connectivity index (χ0n) is 7.93. The number of hydrogen-bond acceptors (Lipinski definition) is 2. The van der Waals surface area contributed by atoms with Crippen molar-refractivity contribution >= 4 is 11.6 Å². The molecule has 0 heterocycles. The van der Waals surface area contributed by atoms with Crippen molar-refractivity contribution < 1.29 is 9.50 Å². The second-order valence-corrected chi connectivity index (χ2v) is 3.65.